The van der Waals surface area contributed by atoms with Crippen LogP contribution < -0.4 is 4.74 Å². The summed E-state index contributed by atoms with van der Waals surface area (Å²) in [5.74, 6) is 1.74. The Balaban J connectivity index is 1.55. The first kappa shape index (κ1) is 25.9. The van der Waals surface area contributed by atoms with Crippen molar-refractivity contribution in [3.63, 3.8) is 0 Å². The molecule has 1 aliphatic heterocycles. The second-order valence-corrected chi connectivity index (χ2v) is 7.98. The van der Waals surface area contributed by atoms with Crippen molar-refractivity contribution < 1.29 is 38.0 Å². The van der Waals surface area contributed by atoms with Gasteiger partial charge in [-0.3, -0.25) is 0 Å². The fourth-order valence-electron chi connectivity index (χ4n) is 3.68. The second-order valence-electron chi connectivity index (χ2n) is 7.98. The van der Waals surface area contributed by atoms with Crippen LogP contribution in [0.1, 0.15) is 20.7 Å². The molecule has 3 aromatic carbocycles. The molecule has 0 amide bonds. The summed E-state index contributed by atoms with van der Waals surface area (Å²) in [5.41, 5.74) is 0.725. The van der Waals surface area contributed by atoms with Crippen LogP contribution in [0.15, 0.2) is 91.0 Å². The summed E-state index contributed by atoms with van der Waals surface area (Å²) < 4.78 is 34.6. The molecule has 0 radical (unpaired) electrons. The molecule has 4 rings (SSSR count). The number of benzene rings is 3. The molecule has 190 valence electrons. The van der Waals surface area contributed by atoms with Gasteiger partial charge in [-0.05, 0) is 36.4 Å². The molecule has 8 heteroatoms. The van der Waals surface area contributed by atoms with Gasteiger partial charge in [-0.2, -0.15) is 0 Å². The Morgan fingerprint density at radius 1 is 0.811 bits per heavy atom. The highest BCUT2D eigenvalue weighted by atomic mass is 16.8. The van der Waals surface area contributed by atoms with Gasteiger partial charge in [0.1, 0.15) is 31.9 Å². The quantitative estimate of drug-likeness (QED) is 0.169. The number of carbonyl (C=O) groups is 2. The summed E-state index contributed by atoms with van der Waals surface area (Å²) in [6.45, 7) is -0.368. The number of ether oxygens (including phenoxy) is 6. The number of terminal acetylenes is 1. The molecule has 8 nitrogen and oxygen atoms in total. The van der Waals surface area contributed by atoms with Crippen molar-refractivity contribution in [3.8, 4) is 18.1 Å². The minimum absolute atomic E-state index is 0.0321. The maximum atomic E-state index is 13.0. The van der Waals surface area contributed by atoms with E-state index < -0.39 is 36.5 Å². The summed E-state index contributed by atoms with van der Waals surface area (Å²) in [4.78, 5) is 25.5. The molecular weight excluding hydrogens is 476 g/mol. The number of esters is 2. The zero-order valence-electron chi connectivity index (χ0n) is 19.9. The maximum Gasteiger partial charge on any atom is 0.338 e. The summed E-state index contributed by atoms with van der Waals surface area (Å²) in [6.07, 6.45) is 1.47. The fourth-order valence-corrected chi connectivity index (χ4v) is 3.68. The first-order valence-electron chi connectivity index (χ1n) is 11.6. The lowest BCUT2D eigenvalue weighted by molar-refractivity contribution is -0.165. The summed E-state index contributed by atoms with van der Waals surface area (Å²) in [7, 11) is 0. The van der Waals surface area contributed by atoms with E-state index in [1.54, 1.807) is 72.8 Å². The minimum Gasteiger partial charge on any atom is -0.462 e. The van der Waals surface area contributed by atoms with E-state index in [-0.39, 0.29) is 20.0 Å². The van der Waals surface area contributed by atoms with Crippen molar-refractivity contribution in [1.82, 2.24) is 0 Å². The third kappa shape index (κ3) is 7.18. The second kappa shape index (κ2) is 13.2. The highest BCUT2D eigenvalue weighted by Crippen LogP contribution is 2.30. The van der Waals surface area contributed by atoms with Gasteiger partial charge in [-0.25, -0.2) is 9.59 Å². The van der Waals surface area contributed by atoms with Gasteiger partial charge in [0.15, 0.2) is 12.2 Å². The topological polar surface area (TPSA) is 89.5 Å². The van der Waals surface area contributed by atoms with Crippen molar-refractivity contribution >= 4 is 11.9 Å². The SMILES string of the molecule is C#CCOCO[C@@H]1[C@H](Oc2ccccc2)O[C@H](COC(=O)c2ccccc2)[C@@H]1OC(=O)c1ccccc1. The van der Waals surface area contributed by atoms with Gasteiger partial charge in [-0.15, -0.1) is 6.42 Å². The minimum atomic E-state index is -0.995. The molecule has 4 atom stereocenters. The van der Waals surface area contributed by atoms with Gasteiger partial charge in [-0.1, -0.05) is 60.5 Å². The first-order chi connectivity index (χ1) is 18.2. The third-order valence-electron chi connectivity index (χ3n) is 5.43. The van der Waals surface area contributed by atoms with Crippen LogP contribution >= 0.6 is 0 Å². The van der Waals surface area contributed by atoms with Crippen LogP contribution in [0.5, 0.6) is 5.75 Å². The molecule has 0 saturated carbocycles. The molecule has 37 heavy (non-hydrogen) atoms. The molecule has 1 fully saturated rings. The molecule has 0 spiro atoms. The van der Waals surface area contributed by atoms with Crippen LogP contribution in [0.2, 0.25) is 0 Å². The van der Waals surface area contributed by atoms with Gasteiger partial charge < -0.3 is 28.4 Å². The molecular formula is C29H26O8. The third-order valence-corrected chi connectivity index (χ3v) is 5.43. The fraction of sp³-hybridized carbons (Fsp3) is 0.241. The lowest BCUT2D eigenvalue weighted by Crippen LogP contribution is -2.42. The van der Waals surface area contributed by atoms with Crippen LogP contribution in [-0.2, 0) is 23.7 Å². The monoisotopic (exact) mass is 502 g/mol. The van der Waals surface area contributed by atoms with Crippen molar-refractivity contribution in [2.45, 2.75) is 24.6 Å². The summed E-state index contributed by atoms with van der Waals surface area (Å²) in [5, 5.41) is 0. The molecule has 1 heterocycles. The Labute approximate surface area is 215 Å². The van der Waals surface area contributed by atoms with Gasteiger partial charge in [0.25, 0.3) is 0 Å². The normalized spacial score (nSPS) is 20.5. The van der Waals surface area contributed by atoms with Gasteiger partial charge in [0.05, 0.1) is 11.1 Å². The first-order valence-corrected chi connectivity index (χ1v) is 11.6. The molecule has 0 aromatic heterocycles. The van der Waals surface area contributed by atoms with Crippen molar-refractivity contribution in [2.24, 2.45) is 0 Å². The molecule has 0 aliphatic carbocycles. The van der Waals surface area contributed by atoms with E-state index in [0.717, 1.165) is 0 Å². The summed E-state index contributed by atoms with van der Waals surface area (Å²) >= 11 is 0. The largest absolute Gasteiger partial charge is 0.462 e. The molecule has 1 saturated heterocycles. The van der Waals surface area contributed by atoms with E-state index in [1.165, 1.54) is 0 Å². The van der Waals surface area contributed by atoms with Gasteiger partial charge >= 0.3 is 11.9 Å². The van der Waals surface area contributed by atoms with Crippen LogP contribution in [0.4, 0.5) is 0 Å². The maximum absolute atomic E-state index is 13.0. The number of para-hydroxylation sites is 1. The Kier molecular flexibility index (Phi) is 9.27. The van der Waals surface area contributed by atoms with Gasteiger partial charge in [0.2, 0.25) is 6.29 Å². The Hall–Kier alpha value is -4.16. The standard InChI is InChI=1S/C29H26O8/c1-2-18-32-20-34-26-25(37-28(31)22-14-8-4-9-15-22)24(19-33-27(30)21-12-6-3-7-13-21)36-29(26)35-23-16-10-5-11-17-23/h1,3-17,24-26,29H,18-20H2/t24-,25+,26+,29-/m1/s1. The average Bonchev–Trinajstić information content (AvgIpc) is 3.26. The highest BCUT2D eigenvalue weighted by Gasteiger charge is 2.50. The molecule has 0 N–H and O–H groups in total. The smallest absolute Gasteiger partial charge is 0.338 e. The number of rotatable bonds is 11. The van der Waals surface area contributed by atoms with Crippen LogP contribution in [-0.4, -0.2) is 56.5 Å². The van der Waals surface area contributed by atoms with E-state index in [4.69, 9.17) is 34.8 Å². The zero-order valence-corrected chi connectivity index (χ0v) is 19.9. The lowest BCUT2D eigenvalue weighted by atomic mass is 10.1. The Bertz CT molecular complexity index is 1180. The predicted molar refractivity (Wildman–Crippen MR) is 133 cm³/mol. The Morgan fingerprint density at radius 2 is 1.41 bits per heavy atom. The molecule has 1 aliphatic rings. The van der Waals surface area contributed by atoms with E-state index in [9.17, 15) is 9.59 Å². The number of hydrogen-bond donors (Lipinski definition) is 0. The highest BCUT2D eigenvalue weighted by molar-refractivity contribution is 5.90. The molecule has 0 unspecified atom stereocenters. The van der Waals surface area contributed by atoms with Crippen LogP contribution in [0, 0.1) is 12.3 Å². The van der Waals surface area contributed by atoms with E-state index in [1.807, 2.05) is 18.2 Å². The van der Waals surface area contributed by atoms with Crippen molar-refractivity contribution in [1.29, 1.82) is 0 Å². The average molecular weight is 503 g/mol. The van der Waals surface area contributed by atoms with Gasteiger partial charge in [0, 0.05) is 0 Å². The van der Waals surface area contributed by atoms with E-state index in [0.29, 0.717) is 16.9 Å². The van der Waals surface area contributed by atoms with Crippen LogP contribution in [0.25, 0.3) is 0 Å². The number of hydrogen-bond acceptors (Lipinski definition) is 8. The van der Waals surface area contributed by atoms with Crippen molar-refractivity contribution in [2.75, 3.05) is 20.0 Å². The summed E-state index contributed by atoms with van der Waals surface area (Å²) in [6, 6.07) is 26.0. The van der Waals surface area contributed by atoms with E-state index in [2.05, 4.69) is 5.92 Å². The van der Waals surface area contributed by atoms with Crippen molar-refractivity contribution in [3.05, 3.63) is 102 Å². The molecule has 3 aromatic rings. The Morgan fingerprint density at radius 3 is 2.03 bits per heavy atom. The predicted octanol–water partition coefficient (Wildman–Crippen LogP) is 3.87. The van der Waals surface area contributed by atoms with E-state index >= 15 is 0 Å². The lowest BCUT2D eigenvalue weighted by Gasteiger charge is -2.24. The molecule has 0 bridgehead atoms. The van der Waals surface area contributed by atoms with Crippen LogP contribution in [0.3, 0.4) is 0 Å². The number of carbonyl (C=O) groups excluding carboxylic acids is 2. The zero-order chi connectivity index (χ0) is 25.9.